The summed E-state index contributed by atoms with van der Waals surface area (Å²) in [5, 5.41) is 4.86. The number of benzene rings is 2. The average molecular weight is 367 g/mol. The minimum Gasteiger partial charge on any atom is -0.314 e. The Morgan fingerprint density at radius 1 is 0.893 bits per heavy atom. The van der Waals surface area contributed by atoms with Crippen molar-refractivity contribution >= 4 is 16.7 Å². The highest BCUT2D eigenvalue weighted by molar-refractivity contribution is 5.93. The zero-order chi connectivity index (χ0) is 18.9. The smallest absolute Gasteiger partial charge is 0.262 e. The maximum absolute atomic E-state index is 13.4. The summed E-state index contributed by atoms with van der Waals surface area (Å²) >= 11 is 0. The topological polar surface area (TPSA) is 65.1 Å². The van der Waals surface area contributed by atoms with E-state index in [4.69, 9.17) is 0 Å². The zero-order valence-corrected chi connectivity index (χ0v) is 15.1. The highest BCUT2D eigenvalue weighted by Gasteiger charge is 2.16. The van der Waals surface area contributed by atoms with Crippen molar-refractivity contribution in [2.45, 2.75) is 13.0 Å². The van der Waals surface area contributed by atoms with Crippen molar-refractivity contribution in [3.05, 3.63) is 95.2 Å². The number of nitrogens with zero attached hydrogens (tertiary/aromatic N) is 5. The van der Waals surface area contributed by atoms with Crippen molar-refractivity contribution in [2.24, 2.45) is 0 Å². The molecule has 0 aliphatic heterocycles. The summed E-state index contributed by atoms with van der Waals surface area (Å²) in [5.41, 5.74) is 3.38. The number of pyridine rings is 1. The first kappa shape index (κ1) is 16.4. The molecule has 0 N–H and O–H groups in total. The van der Waals surface area contributed by atoms with Crippen LogP contribution in [0.25, 0.3) is 27.9 Å². The van der Waals surface area contributed by atoms with E-state index < -0.39 is 0 Å². The van der Waals surface area contributed by atoms with E-state index in [1.54, 1.807) is 9.08 Å². The third-order valence-electron chi connectivity index (χ3n) is 4.87. The highest BCUT2D eigenvalue weighted by Crippen LogP contribution is 2.25. The van der Waals surface area contributed by atoms with Crippen molar-refractivity contribution in [1.82, 2.24) is 24.1 Å². The molecule has 0 bridgehead atoms. The van der Waals surface area contributed by atoms with Gasteiger partial charge in [0.25, 0.3) is 11.3 Å². The third kappa shape index (κ3) is 2.75. The Labute approximate surface area is 160 Å². The largest absolute Gasteiger partial charge is 0.314 e. The van der Waals surface area contributed by atoms with Gasteiger partial charge in [-0.3, -0.25) is 4.79 Å². The fourth-order valence-corrected chi connectivity index (χ4v) is 3.50. The highest BCUT2D eigenvalue weighted by atomic mass is 16.1. The van der Waals surface area contributed by atoms with Crippen molar-refractivity contribution in [3.8, 4) is 11.3 Å². The van der Waals surface area contributed by atoms with Gasteiger partial charge < -0.3 is 4.57 Å². The lowest BCUT2D eigenvalue weighted by atomic mass is 10.1. The molecule has 136 valence electrons. The van der Waals surface area contributed by atoms with Crippen LogP contribution in [-0.4, -0.2) is 24.1 Å². The molecule has 5 rings (SSSR count). The first-order chi connectivity index (χ1) is 13.8. The van der Waals surface area contributed by atoms with Gasteiger partial charge in [-0.15, -0.1) is 0 Å². The van der Waals surface area contributed by atoms with Crippen LogP contribution < -0.4 is 5.56 Å². The molecule has 2 aromatic carbocycles. The number of fused-ring (bicyclic) bond motifs is 2. The lowest BCUT2D eigenvalue weighted by Gasteiger charge is -2.11. The molecule has 0 spiro atoms. The van der Waals surface area contributed by atoms with Crippen molar-refractivity contribution in [3.63, 3.8) is 0 Å². The number of hydrogen-bond acceptors (Lipinski definition) is 4. The van der Waals surface area contributed by atoms with Crippen LogP contribution in [0.2, 0.25) is 0 Å². The summed E-state index contributed by atoms with van der Waals surface area (Å²) in [4.78, 5) is 22.1. The van der Waals surface area contributed by atoms with Gasteiger partial charge in [0.2, 0.25) is 0 Å². The molecule has 0 amide bonds. The van der Waals surface area contributed by atoms with Crippen LogP contribution >= 0.6 is 0 Å². The first-order valence-electron chi connectivity index (χ1n) is 9.13. The molecule has 3 aromatic heterocycles. The van der Waals surface area contributed by atoms with Crippen LogP contribution in [-0.2, 0) is 13.0 Å². The minimum atomic E-state index is -0.0721. The van der Waals surface area contributed by atoms with E-state index in [1.165, 1.54) is 11.9 Å². The van der Waals surface area contributed by atoms with Gasteiger partial charge >= 0.3 is 0 Å². The minimum absolute atomic E-state index is 0.0721. The Hall–Kier alpha value is -3.80. The second kappa shape index (κ2) is 6.74. The quantitative estimate of drug-likeness (QED) is 0.489. The molecule has 28 heavy (non-hydrogen) atoms. The predicted molar refractivity (Wildman–Crippen MR) is 108 cm³/mol. The molecule has 0 aliphatic rings. The lowest BCUT2D eigenvalue weighted by molar-refractivity contribution is 0.674. The van der Waals surface area contributed by atoms with E-state index in [9.17, 15) is 4.79 Å². The van der Waals surface area contributed by atoms with Crippen LogP contribution in [0.4, 0.5) is 0 Å². The Balaban J connectivity index is 1.71. The van der Waals surface area contributed by atoms with Gasteiger partial charge in [-0.05, 0) is 18.1 Å². The van der Waals surface area contributed by atoms with Gasteiger partial charge in [0.15, 0.2) is 0 Å². The van der Waals surface area contributed by atoms with Gasteiger partial charge in [0, 0.05) is 18.3 Å². The van der Waals surface area contributed by atoms with E-state index in [-0.39, 0.29) is 5.56 Å². The Morgan fingerprint density at radius 2 is 1.64 bits per heavy atom. The molecule has 0 saturated heterocycles. The first-order valence-corrected chi connectivity index (χ1v) is 9.13. The summed E-state index contributed by atoms with van der Waals surface area (Å²) in [5.74, 6) is 0.479. The molecule has 0 fully saturated rings. The van der Waals surface area contributed by atoms with Crippen LogP contribution in [0, 0.1) is 0 Å². The summed E-state index contributed by atoms with van der Waals surface area (Å²) in [7, 11) is 0. The monoisotopic (exact) mass is 367 g/mol. The molecule has 0 unspecified atom stereocenters. The van der Waals surface area contributed by atoms with E-state index >= 15 is 0 Å². The zero-order valence-electron chi connectivity index (χ0n) is 15.1. The van der Waals surface area contributed by atoms with Gasteiger partial charge in [0.05, 0.1) is 16.6 Å². The second-order valence-electron chi connectivity index (χ2n) is 6.61. The van der Waals surface area contributed by atoms with E-state index in [1.807, 2.05) is 60.8 Å². The van der Waals surface area contributed by atoms with E-state index in [0.717, 1.165) is 17.7 Å². The van der Waals surface area contributed by atoms with Crippen LogP contribution in [0.1, 0.15) is 5.56 Å². The van der Waals surface area contributed by atoms with Gasteiger partial charge in [0.1, 0.15) is 6.33 Å². The number of hydrogen-bond donors (Lipinski definition) is 0. The molecule has 0 aliphatic carbocycles. The Kier molecular flexibility index (Phi) is 3.94. The average Bonchev–Trinajstić information content (AvgIpc) is 3.21. The molecular weight excluding hydrogens is 350 g/mol. The Morgan fingerprint density at radius 3 is 2.43 bits per heavy atom. The summed E-state index contributed by atoms with van der Waals surface area (Å²) in [6, 6.07) is 21.8. The number of rotatable bonds is 4. The molecule has 0 saturated carbocycles. The lowest BCUT2D eigenvalue weighted by Crippen LogP contribution is -2.22. The van der Waals surface area contributed by atoms with Crippen LogP contribution in [0.5, 0.6) is 0 Å². The molecule has 0 radical (unpaired) electrons. The molecule has 5 aromatic rings. The third-order valence-corrected chi connectivity index (χ3v) is 4.87. The maximum atomic E-state index is 13.4. The van der Waals surface area contributed by atoms with Gasteiger partial charge in [-0.1, -0.05) is 60.7 Å². The van der Waals surface area contributed by atoms with E-state index in [2.05, 4.69) is 27.2 Å². The number of aromatic nitrogens is 5. The fraction of sp³-hybridized carbons (Fsp3) is 0.0909. The molecule has 6 heteroatoms. The SMILES string of the molecule is O=c1c2c(-c3ccccc3)n3ncnc3nc2ccn1CCc1ccccc1. The molecule has 3 heterocycles. The maximum Gasteiger partial charge on any atom is 0.262 e. The molecular formula is C22H17N5O. The van der Waals surface area contributed by atoms with E-state index in [0.29, 0.717) is 23.2 Å². The standard InChI is InChI=1S/C22H17N5O/c28-21-19-18(12-14-26(21)13-11-16-7-3-1-4-8-16)25-22-23-15-24-27(22)20(19)17-9-5-2-6-10-17/h1-10,12,14-15H,11,13H2. The van der Waals surface area contributed by atoms with Crippen molar-refractivity contribution in [2.75, 3.05) is 0 Å². The number of aryl methyl sites for hydroxylation is 2. The van der Waals surface area contributed by atoms with Crippen LogP contribution in [0.3, 0.4) is 0 Å². The van der Waals surface area contributed by atoms with Crippen LogP contribution in [0.15, 0.2) is 84.0 Å². The second-order valence-corrected chi connectivity index (χ2v) is 6.61. The van der Waals surface area contributed by atoms with Gasteiger partial charge in [-0.2, -0.15) is 14.6 Å². The van der Waals surface area contributed by atoms with Gasteiger partial charge in [-0.25, -0.2) is 4.98 Å². The summed E-state index contributed by atoms with van der Waals surface area (Å²) in [6.07, 6.45) is 4.05. The van der Waals surface area contributed by atoms with Crippen molar-refractivity contribution < 1.29 is 0 Å². The predicted octanol–water partition coefficient (Wildman–Crippen LogP) is 3.35. The molecule has 6 nitrogen and oxygen atoms in total. The van der Waals surface area contributed by atoms with Crippen molar-refractivity contribution in [1.29, 1.82) is 0 Å². The Bertz CT molecular complexity index is 1320. The fourth-order valence-electron chi connectivity index (χ4n) is 3.50. The summed E-state index contributed by atoms with van der Waals surface area (Å²) < 4.78 is 3.38. The summed E-state index contributed by atoms with van der Waals surface area (Å²) in [6.45, 7) is 0.600. The normalized spacial score (nSPS) is 11.3. The molecule has 0 atom stereocenters.